The van der Waals surface area contributed by atoms with Gasteiger partial charge in [-0.1, -0.05) is 0 Å². The number of carbonyl (C=O) groups is 4. The molecule has 3 fully saturated rings. The first-order valence-corrected chi connectivity index (χ1v) is 9.56. The van der Waals surface area contributed by atoms with E-state index >= 15 is 0 Å². The van der Waals surface area contributed by atoms with Crippen LogP contribution in [0.3, 0.4) is 0 Å². The number of carbonyl (C=O) groups excluding carboxylic acids is 4. The lowest BCUT2D eigenvalue weighted by atomic mass is 9.82. The second-order valence-corrected chi connectivity index (χ2v) is 8.21. The van der Waals surface area contributed by atoms with E-state index in [4.69, 9.17) is 4.42 Å². The molecule has 1 aromatic heterocycles. The van der Waals surface area contributed by atoms with E-state index in [9.17, 15) is 24.3 Å². The number of aliphatic hydroxyl groups excluding tert-OH is 1. The zero-order chi connectivity index (χ0) is 20.9. The number of furan rings is 1. The van der Waals surface area contributed by atoms with Crippen molar-refractivity contribution in [1.82, 2.24) is 20.0 Å². The lowest BCUT2D eigenvalue weighted by Gasteiger charge is -2.27. The zero-order valence-electron chi connectivity index (χ0n) is 16.4. The molecule has 2 atom stereocenters. The second-order valence-electron chi connectivity index (χ2n) is 8.21. The number of nitrogens with zero attached hydrogens (tertiary/aromatic N) is 3. The largest absolute Gasteiger partial charge is 0.466 e. The van der Waals surface area contributed by atoms with Gasteiger partial charge in [0.05, 0.1) is 12.2 Å². The molecule has 0 radical (unpaired) electrons. The summed E-state index contributed by atoms with van der Waals surface area (Å²) in [7, 11) is 0. The number of nitrogens with one attached hydrogen (secondary N) is 1. The Kier molecular flexibility index (Phi) is 4.60. The van der Waals surface area contributed by atoms with Crippen LogP contribution in [0.25, 0.3) is 0 Å². The number of aliphatic hydroxyl groups is 1. The van der Waals surface area contributed by atoms with E-state index in [1.54, 1.807) is 29.7 Å². The van der Waals surface area contributed by atoms with Gasteiger partial charge in [-0.05, 0) is 19.9 Å². The molecular formula is C19H24N4O6. The molecule has 2 unspecified atom stereocenters. The van der Waals surface area contributed by atoms with E-state index < -0.39 is 17.4 Å². The van der Waals surface area contributed by atoms with Crippen molar-refractivity contribution in [3.05, 3.63) is 23.2 Å². The normalized spacial score (nSPS) is 26.3. The first-order valence-electron chi connectivity index (χ1n) is 9.56. The number of imide groups is 1. The lowest BCUT2D eigenvalue weighted by molar-refractivity contribution is -0.131. The van der Waals surface area contributed by atoms with Crippen molar-refractivity contribution >= 4 is 23.8 Å². The van der Waals surface area contributed by atoms with Crippen LogP contribution < -0.4 is 5.32 Å². The molecule has 5 amide bonds. The molecule has 1 aromatic rings. The molecule has 3 aliphatic rings. The minimum absolute atomic E-state index is 0.0530. The van der Waals surface area contributed by atoms with Gasteiger partial charge in [-0.3, -0.25) is 19.7 Å². The Morgan fingerprint density at radius 3 is 2.48 bits per heavy atom. The first kappa shape index (κ1) is 19.4. The van der Waals surface area contributed by atoms with E-state index in [0.29, 0.717) is 43.3 Å². The number of aryl methyl sites for hydroxylation is 2. The zero-order valence-corrected chi connectivity index (χ0v) is 16.4. The number of urea groups is 1. The fourth-order valence-electron chi connectivity index (χ4n) is 4.64. The van der Waals surface area contributed by atoms with E-state index in [1.165, 1.54) is 4.90 Å². The van der Waals surface area contributed by atoms with Crippen LogP contribution in [0.4, 0.5) is 4.79 Å². The molecule has 2 N–H and O–H groups in total. The molecule has 29 heavy (non-hydrogen) atoms. The Labute approximate surface area is 167 Å². The summed E-state index contributed by atoms with van der Waals surface area (Å²) in [6.07, 6.45) is 0. The molecule has 0 aromatic carbocycles. The maximum atomic E-state index is 12.9. The number of hydrogen-bond donors (Lipinski definition) is 2. The molecule has 156 valence electrons. The van der Waals surface area contributed by atoms with Crippen LogP contribution in [0.1, 0.15) is 21.9 Å². The fraction of sp³-hybridized carbons (Fsp3) is 0.579. The van der Waals surface area contributed by atoms with E-state index in [2.05, 4.69) is 5.32 Å². The summed E-state index contributed by atoms with van der Waals surface area (Å²) in [6.45, 7) is 4.59. The minimum atomic E-state index is -0.582. The van der Waals surface area contributed by atoms with E-state index in [-0.39, 0.29) is 37.4 Å². The van der Waals surface area contributed by atoms with Crippen LogP contribution >= 0.6 is 0 Å². The average molecular weight is 404 g/mol. The quantitative estimate of drug-likeness (QED) is 0.643. The van der Waals surface area contributed by atoms with Gasteiger partial charge < -0.3 is 24.2 Å². The minimum Gasteiger partial charge on any atom is -0.466 e. The van der Waals surface area contributed by atoms with Gasteiger partial charge in [0.15, 0.2) is 0 Å². The number of rotatable bonds is 4. The third-order valence-corrected chi connectivity index (χ3v) is 6.18. The molecule has 0 spiro atoms. The summed E-state index contributed by atoms with van der Waals surface area (Å²) in [5, 5.41) is 12.2. The van der Waals surface area contributed by atoms with Gasteiger partial charge in [-0.2, -0.15) is 0 Å². The number of likely N-dealkylation sites (tertiary alicyclic amines) is 2. The molecule has 3 saturated heterocycles. The van der Waals surface area contributed by atoms with Gasteiger partial charge >= 0.3 is 6.03 Å². The highest BCUT2D eigenvalue weighted by molar-refractivity contribution is 6.03. The van der Waals surface area contributed by atoms with Crippen LogP contribution in [-0.2, 0) is 9.59 Å². The van der Waals surface area contributed by atoms with Crippen LogP contribution in [0.5, 0.6) is 0 Å². The Balaban J connectivity index is 1.42. The highest BCUT2D eigenvalue weighted by atomic mass is 16.3. The summed E-state index contributed by atoms with van der Waals surface area (Å²) in [4.78, 5) is 53.0. The Morgan fingerprint density at radius 1 is 1.24 bits per heavy atom. The van der Waals surface area contributed by atoms with Crippen LogP contribution in [0, 0.1) is 25.2 Å². The number of amides is 5. The van der Waals surface area contributed by atoms with Crippen LogP contribution in [-0.4, -0.2) is 89.4 Å². The summed E-state index contributed by atoms with van der Waals surface area (Å²) in [5.41, 5.74) is -0.0608. The van der Waals surface area contributed by atoms with Crippen LogP contribution in [0.2, 0.25) is 0 Å². The molecule has 4 rings (SSSR count). The summed E-state index contributed by atoms with van der Waals surface area (Å²) in [5.74, 6) is 0.360. The summed E-state index contributed by atoms with van der Waals surface area (Å²) < 4.78 is 5.46. The maximum Gasteiger partial charge on any atom is 0.325 e. The SMILES string of the molecule is Cc1cc(C(=O)N2CC3CN(C(=O)CN4CC(=O)NC4=O)CC3(CO)C2)c(C)o1. The van der Waals surface area contributed by atoms with Gasteiger partial charge in [0.2, 0.25) is 11.8 Å². The maximum absolute atomic E-state index is 12.9. The molecule has 3 aliphatic heterocycles. The average Bonchev–Trinajstić information content (AvgIpc) is 3.36. The van der Waals surface area contributed by atoms with Crippen LogP contribution in [0.15, 0.2) is 10.5 Å². The van der Waals surface area contributed by atoms with Crippen molar-refractivity contribution in [3.8, 4) is 0 Å². The topological polar surface area (TPSA) is 123 Å². The van der Waals surface area contributed by atoms with Gasteiger partial charge in [-0.25, -0.2) is 4.79 Å². The predicted molar refractivity (Wildman–Crippen MR) is 98.8 cm³/mol. The highest BCUT2D eigenvalue weighted by Gasteiger charge is 2.54. The Bertz CT molecular complexity index is 895. The van der Waals surface area contributed by atoms with E-state index in [0.717, 1.165) is 0 Å². The van der Waals surface area contributed by atoms with Crippen molar-refractivity contribution in [3.63, 3.8) is 0 Å². The summed E-state index contributed by atoms with van der Waals surface area (Å²) >= 11 is 0. The first-order chi connectivity index (χ1) is 13.7. The molecule has 10 nitrogen and oxygen atoms in total. The third kappa shape index (κ3) is 3.27. The van der Waals surface area contributed by atoms with Crippen molar-refractivity contribution in [2.45, 2.75) is 13.8 Å². The van der Waals surface area contributed by atoms with Crippen molar-refractivity contribution < 1.29 is 28.7 Å². The lowest BCUT2D eigenvalue weighted by Crippen LogP contribution is -2.44. The summed E-state index contributed by atoms with van der Waals surface area (Å²) in [6, 6.07) is 1.15. The molecule has 0 aliphatic carbocycles. The van der Waals surface area contributed by atoms with Gasteiger partial charge in [0.1, 0.15) is 24.6 Å². The monoisotopic (exact) mass is 404 g/mol. The van der Waals surface area contributed by atoms with Gasteiger partial charge in [0.25, 0.3) is 5.91 Å². The van der Waals surface area contributed by atoms with Crippen molar-refractivity contribution in [2.24, 2.45) is 11.3 Å². The second kappa shape index (κ2) is 6.87. The van der Waals surface area contributed by atoms with Crippen molar-refractivity contribution in [1.29, 1.82) is 0 Å². The number of hydrogen-bond acceptors (Lipinski definition) is 6. The standard InChI is InChI=1S/C19H24N4O6/c1-11-3-14(12(2)29-11)17(27)23-5-13-4-22(8-19(13,9-23)10-24)16(26)7-21-6-15(25)20-18(21)28/h3,13,24H,4-10H2,1-2H3,(H,20,25,28). The smallest absolute Gasteiger partial charge is 0.325 e. The van der Waals surface area contributed by atoms with Gasteiger partial charge in [0, 0.05) is 37.5 Å². The fourth-order valence-corrected chi connectivity index (χ4v) is 4.64. The molecule has 10 heteroatoms. The number of fused-ring (bicyclic) bond motifs is 1. The Hall–Kier alpha value is -2.88. The molecular weight excluding hydrogens is 380 g/mol. The predicted octanol–water partition coefficient (Wildman–Crippen LogP) is -0.659. The van der Waals surface area contributed by atoms with Crippen molar-refractivity contribution in [2.75, 3.05) is 45.9 Å². The Morgan fingerprint density at radius 2 is 1.93 bits per heavy atom. The molecule has 0 bridgehead atoms. The van der Waals surface area contributed by atoms with E-state index in [1.807, 2.05) is 0 Å². The molecule has 4 heterocycles. The van der Waals surface area contributed by atoms with Gasteiger partial charge in [-0.15, -0.1) is 0 Å². The molecule has 0 saturated carbocycles. The highest BCUT2D eigenvalue weighted by Crippen LogP contribution is 2.42. The third-order valence-electron chi connectivity index (χ3n) is 6.18.